The van der Waals surface area contributed by atoms with Crippen molar-refractivity contribution in [3.63, 3.8) is 0 Å². The Balaban J connectivity index is 1.67. The molecule has 0 fully saturated rings. The number of nitrogens with zero attached hydrogens (tertiary/aromatic N) is 2. The zero-order valence-electron chi connectivity index (χ0n) is 12.7. The van der Waals surface area contributed by atoms with Crippen LogP contribution in [-0.2, 0) is 16.6 Å². The molecule has 0 aliphatic heterocycles. The SMILES string of the molecule is Cc1ccc(C=CS(=O)(=O)NCc2cc3ccccn3n2)cc1. The molecule has 0 saturated carbocycles. The molecule has 1 aromatic carbocycles. The largest absolute Gasteiger partial charge is 0.241 e. The van der Waals surface area contributed by atoms with E-state index in [-0.39, 0.29) is 6.54 Å². The van der Waals surface area contributed by atoms with E-state index in [9.17, 15) is 8.42 Å². The number of hydrogen-bond donors (Lipinski definition) is 1. The topological polar surface area (TPSA) is 63.5 Å². The van der Waals surface area contributed by atoms with E-state index < -0.39 is 10.0 Å². The van der Waals surface area contributed by atoms with Gasteiger partial charge in [-0.2, -0.15) is 5.10 Å². The van der Waals surface area contributed by atoms with Crippen LogP contribution < -0.4 is 4.72 Å². The standard InChI is InChI=1S/C17H17N3O2S/c1-14-5-7-15(8-6-14)9-11-23(21,22)18-13-16-12-17-4-2-3-10-20(17)19-16/h2-12,18H,13H2,1H3. The normalized spacial score (nSPS) is 12.2. The molecule has 0 saturated heterocycles. The number of aryl methyl sites for hydroxylation is 1. The second-order valence-corrected chi connectivity index (χ2v) is 6.94. The zero-order chi connectivity index (χ0) is 16.3. The third-order valence-corrected chi connectivity index (χ3v) is 4.43. The van der Waals surface area contributed by atoms with Gasteiger partial charge >= 0.3 is 0 Å². The smallest absolute Gasteiger partial charge is 0.234 e. The summed E-state index contributed by atoms with van der Waals surface area (Å²) in [6, 6.07) is 15.2. The van der Waals surface area contributed by atoms with Gasteiger partial charge in [0.15, 0.2) is 0 Å². The highest BCUT2D eigenvalue weighted by Crippen LogP contribution is 2.08. The summed E-state index contributed by atoms with van der Waals surface area (Å²) < 4.78 is 28.3. The summed E-state index contributed by atoms with van der Waals surface area (Å²) >= 11 is 0. The number of pyridine rings is 1. The molecule has 0 amide bonds. The Hall–Kier alpha value is -2.44. The Kier molecular flexibility index (Phi) is 4.27. The Labute approximate surface area is 135 Å². The number of fused-ring (bicyclic) bond motifs is 1. The molecule has 0 bridgehead atoms. The van der Waals surface area contributed by atoms with Crippen molar-refractivity contribution in [3.8, 4) is 0 Å². The van der Waals surface area contributed by atoms with Gasteiger partial charge in [-0.25, -0.2) is 17.7 Å². The lowest BCUT2D eigenvalue weighted by molar-refractivity contribution is 0.589. The van der Waals surface area contributed by atoms with Crippen molar-refractivity contribution >= 4 is 21.6 Å². The summed E-state index contributed by atoms with van der Waals surface area (Å²) in [4.78, 5) is 0. The van der Waals surface area contributed by atoms with Gasteiger partial charge in [-0.05, 0) is 36.8 Å². The van der Waals surface area contributed by atoms with Gasteiger partial charge in [0.25, 0.3) is 0 Å². The van der Waals surface area contributed by atoms with Gasteiger partial charge in [0.1, 0.15) is 0 Å². The van der Waals surface area contributed by atoms with Gasteiger partial charge in [-0.15, -0.1) is 0 Å². The third kappa shape index (κ3) is 4.06. The van der Waals surface area contributed by atoms with Crippen LogP contribution in [0.5, 0.6) is 0 Å². The number of sulfonamides is 1. The first kappa shape index (κ1) is 15.5. The fourth-order valence-corrected chi connectivity index (χ4v) is 2.93. The van der Waals surface area contributed by atoms with Crippen LogP contribution in [0.2, 0.25) is 0 Å². The fourth-order valence-electron chi connectivity index (χ4n) is 2.15. The van der Waals surface area contributed by atoms with E-state index in [0.29, 0.717) is 5.69 Å². The van der Waals surface area contributed by atoms with E-state index in [1.807, 2.05) is 61.7 Å². The maximum atomic E-state index is 12.0. The molecule has 2 heterocycles. The summed E-state index contributed by atoms with van der Waals surface area (Å²) in [5.74, 6) is 0. The highest BCUT2D eigenvalue weighted by molar-refractivity contribution is 7.92. The van der Waals surface area contributed by atoms with Crippen molar-refractivity contribution < 1.29 is 8.42 Å². The minimum Gasteiger partial charge on any atom is -0.241 e. The minimum absolute atomic E-state index is 0.155. The van der Waals surface area contributed by atoms with Gasteiger partial charge in [-0.3, -0.25) is 0 Å². The maximum absolute atomic E-state index is 12.0. The predicted molar refractivity (Wildman–Crippen MR) is 91.2 cm³/mol. The molecule has 1 N–H and O–H groups in total. The van der Waals surface area contributed by atoms with E-state index >= 15 is 0 Å². The number of nitrogens with one attached hydrogen (secondary N) is 1. The molecule has 2 aromatic heterocycles. The van der Waals surface area contributed by atoms with E-state index in [0.717, 1.165) is 16.6 Å². The van der Waals surface area contributed by atoms with Gasteiger partial charge in [-0.1, -0.05) is 35.9 Å². The Morgan fingerprint density at radius 1 is 1.17 bits per heavy atom. The summed E-state index contributed by atoms with van der Waals surface area (Å²) in [7, 11) is -3.51. The van der Waals surface area contributed by atoms with Crippen LogP contribution >= 0.6 is 0 Å². The van der Waals surface area contributed by atoms with Crippen LogP contribution in [0.4, 0.5) is 0 Å². The van der Waals surface area contributed by atoms with Crippen molar-refractivity contribution in [1.82, 2.24) is 14.3 Å². The molecule has 0 aliphatic rings. The molecule has 0 atom stereocenters. The molecule has 3 rings (SSSR count). The summed E-state index contributed by atoms with van der Waals surface area (Å²) in [6.07, 6.45) is 3.40. The molecule has 118 valence electrons. The van der Waals surface area contributed by atoms with Crippen LogP contribution in [0.1, 0.15) is 16.8 Å². The second-order valence-electron chi connectivity index (χ2n) is 5.29. The molecule has 3 aromatic rings. The molecular formula is C17H17N3O2S. The van der Waals surface area contributed by atoms with Gasteiger partial charge in [0.2, 0.25) is 10.0 Å². The van der Waals surface area contributed by atoms with Crippen LogP contribution in [0, 0.1) is 6.92 Å². The van der Waals surface area contributed by atoms with Crippen molar-refractivity contribution in [3.05, 3.63) is 77.0 Å². The van der Waals surface area contributed by atoms with Crippen molar-refractivity contribution in [2.24, 2.45) is 0 Å². The van der Waals surface area contributed by atoms with Gasteiger partial charge in [0.05, 0.1) is 17.8 Å². The average molecular weight is 327 g/mol. The molecule has 5 nitrogen and oxygen atoms in total. The summed E-state index contributed by atoms with van der Waals surface area (Å²) in [5.41, 5.74) is 3.57. The van der Waals surface area contributed by atoms with Crippen LogP contribution in [-0.4, -0.2) is 18.0 Å². The highest BCUT2D eigenvalue weighted by Gasteiger charge is 2.07. The van der Waals surface area contributed by atoms with Crippen LogP contribution in [0.15, 0.2) is 60.1 Å². The van der Waals surface area contributed by atoms with E-state index in [1.165, 1.54) is 5.41 Å². The first-order valence-electron chi connectivity index (χ1n) is 7.20. The molecular weight excluding hydrogens is 310 g/mol. The number of rotatable bonds is 5. The lowest BCUT2D eigenvalue weighted by Gasteiger charge is -2.00. The molecule has 0 unspecified atom stereocenters. The van der Waals surface area contributed by atoms with Gasteiger partial charge in [0, 0.05) is 11.6 Å². The number of hydrogen-bond acceptors (Lipinski definition) is 3. The van der Waals surface area contributed by atoms with Gasteiger partial charge < -0.3 is 0 Å². The Bertz CT molecular complexity index is 908. The minimum atomic E-state index is -3.51. The first-order chi connectivity index (χ1) is 11.0. The number of aromatic nitrogens is 2. The first-order valence-corrected chi connectivity index (χ1v) is 8.74. The predicted octanol–water partition coefficient (Wildman–Crippen LogP) is 2.73. The molecule has 0 aliphatic carbocycles. The number of benzene rings is 1. The van der Waals surface area contributed by atoms with Crippen molar-refractivity contribution in [2.45, 2.75) is 13.5 Å². The van der Waals surface area contributed by atoms with E-state index in [4.69, 9.17) is 0 Å². The lowest BCUT2D eigenvalue weighted by atomic mass is 10.2. The lowest BCUT2D eigenvalue weighted by Crippen LogP contribution is -2.20. The Morgan fingerprint density at radius 3 is 2.70 bits per heavy atom. The fraction of sp³-hybridized carbons (Fsp3) is 0.118. The van der Waals surface area contributed by atoms with Crippen molar-refractivity contribution in [2.75, 3.05) is 0 Å². The molecule has 0 spiro atoms. The van der Waals surface area contributed by atoms with E-state index in [1.54, 1.807) is 10.6 Å². The third-order valence-electron chi connectivity index (χ3n) is 3.39. The van der Waals surface area contributed by atoms with E-state index in [2.05, 4.69) is 9.82 Å². The quantitative estimate of drug-likeness (QED) is 0.784. The molecule has 23 heavy (non-hydrogen) atoms. The monoisotopic (exact) mass is 327 g/mol. The molecule has 0 radical (unpaired) electrons. The zero-order valence-corrected chi connectivity index (χ0v) is 13.5. The second kappa shape index (κ2) is 6.36. The summed E-state index contributed by atoms with van der Waals surface area (Å²) in [5, 5.41) is 5.48. The highest BCUT2D eigenvalue weighted by atomic mass is 32.2. The summed E-state index contributed by atoms with van der Waals surface area (Å²) in [6.45, 7) is 2.14. The van der Waals surface area contributed by atoms with Crippen molar-refractivity contribution in [1.29, 1.82) is 0 Å². The maximum Gasteiger partial charge on any atom is 0.234 e. The van der Waals surface area contributed by atoms with Crippen LogP contribution in [0.3, 0.4) is 0 Å². The average Bonchev–Trinajstić information content (AvgIpc) is 2.96. The Morgan fingerprint density at radius 2 is 1.96 bits per heavy atom. The molecule has 6 heteroatoms. The van der Waals surface area contributed by atoms with Crippen LogP contribution in [0.25, 0.3) is 11.6 Å².